The largest absolute Gasteiger partial charge is 2.00 e. The van der Waals surface area contributed by atoms with E-state index < -0.39 is 36.3 Å². The molecule has 0 spiro atoms. The molecule has 92 heavy (non-hydrogen) atoms. The number of hydrogen-bond donors (Lipinski definition) is 4. The van der Waals surface area contributed by atoms with Gasteiger partial charge in [0.25, 0.3) is 0 Å². The van der Waals surface area contributed by atoms with Crippen LogP contribution in [0, 0.1) is 92.7 Å². The molecule has 537 valence electrons. The van der Waals surface area contributed by atoms with Gasteiger partial charge in [0.2, 0.25) is 5.91 Å². The minimum absolute atomic E-state index is 0. The van der Waals surface area contributed by atoms with Crippen LogP contribution in [0.5, 0.6) is 0 Å². The zero-order valence-electron chi connectivity index (χ0n) is 57.8. The van der Waals surface area contributed by atoms with E-state index in [0.717, 1.165) is 135 Å². The van der Waals surface area contributed by atoms with Crippen molar-refractivity contribution in [2.24, 2.45) is 92.7 Å². The summed E-state index contributed by atoms with van der Waals surface area (Å²) in [5, 5.41) is 29.3. The fraction of sp³-hybridized carbons (Fsp3) is 0.893. The maximum atomic E-state index is 12.3. The molecule has 21 atom stereocenters. The van der Waals surface area contributed by atoms with Gasteiger partial charge in [-0.15, -0.1) is 0 Å². The Labute approximate surface area is 588 Å². The Kier molecular flexibility index (Phi) is 34.7. The van der Waals surface area contributed by atoms with Crippen LogP contribution in [0.1, 0.15) is 276 Å². The van der Waals surface area contributed by atoms with Crippen molar-refractivity contribution >= 4 is 33.2 Å². The minimum Gasteiger partial charge on any atom is -0.676 e. The van der Waals surface area contributed by atoms with E-state index in [1.165, 1.54) is 134 Å². The second-order valence-corrected chi connectivity index (χ2v) is 32.4. The van der Waals surface area contributed by atoms with Crippen molar-refractivity contribution in [3.63, 3.8) is 0 Å². The van der Waals surface area contributed by atoms with Crippen LogP contribution in [0.25, 0.3) is 22.9 Å². The van der Waals surface area contributed by atoms with E-state index in [0.29, 0.717) is 16.2 Å². The van der Waals surface area contributed by atoms with Gasteiger partial charge in [-0.05, 0) is 195 Å². The Morgan fingerprint density at radius 2 is 0.924 bits per heavy atom. The van der Waals surface area contributed by atoms with Crippen LogP contribution in [0.15, 0.2) is 23.3 Å². The predicted molar refractivity (Wildman–Crippen MR) is 367 cm³/mol. The molecule has 10 rings (SSSR count). The third kappa shape index (κ3) is 21.4. The van der Waals surface area contributed by atoms with Crippen LogP contribution < -0.4 is 5.32 Å². The van der Waals surface area contributed by atoms with Gasteiger partial charge in [-0.1, -0.05) is 190 Å². The summed E-state index contributed by atoms with van der Waals surface area (Å²) in [6, 6.07) is -1.77. The number of hydrogen-bond acceptors (Lipinski definition) is 6. The molecule has 0 radical (unpaired) electrons. The number of aliphatic carboxylic acids is 3. The SMILES string of the molecule is C.CC(C)CCC[C@@H](C)[C@H]1CCC2C3CC=C4C[C@@H](OCC(=O)O)CC[C@]4(C)C3CC[C@@]21C.CC(C)CCC[C@@H](C)[C@H]1CC[C@H]2[C@@H]3CC=C4C[C@@H](OCC(=O)NC(CC(=O)O)C(=O)O)CC[C@]4(C)[C@H]3CC[C@]12C.[Cl][Pt].[NH-][C@@H]1CCCC[C@H]1[NH-].[NH-][C@@H]1CCCC[C@H]1[NH-].[Pt+2]. The topological polar surface area (TPSA) is 255 Å². The number of nitrogens with one attached hydrogen (secondary N) is 5. The summed E-state index contributed by atoms with van der Waals surface area (Å²) < 4.78 is 11.6. The second kappa shape index (κ2) is 38.4. The zero-order valence-corrected chi connectivity index (χ0v) is 63.1. The van der Waals surface area contributed by atoms with E-state index in [4.69, 9.17) is 42.6 Å². The fourth-order valence-electron chi connectivity index (χ4n) is 20.8. The second-order valence-electron chi connectivity index (χ2n) is 32.4. The molecule has 8 N–H and O–H groups in total. The summed E-state index contributed by atoms with van der Waals surface area (Å²) in [7, 11) is 4.61. The summed E-state index contributed by atoms with van der Waals surface area (Å²) in [5.41, 5.74) is 33.8. The van der Waals surface area contributed by atoms with Gasteiger partial charge >= 0.3 is 67.2 Å². The number of rotatable bonds is 20. The van der Waals surface area contributed by atoms with Gasteiger partial charge in [-0.3, -0.25) is 9.59 Å². The molecule has 17 heteroatoms. The summed E-state index contributed by atoms with van der Waals surface area (Å²) in [6.45, 7) is 24.4. The molecule has 8 fully saturated rings. The first-order valence-corrected chi connectivity index (χ1v) is 39.0. The monoisotopic (exact) mass is 1670 g/mol. The molecule has 0 aromatic heterocycles. The number of ether oxygens (including phenoxy) is 2. The molecule has 0 aromatic carbocycles. The first-order valence-electron chi connectivity index (χ1n) is 36.1. The maximum absolute atomic E-state index is 12.3. The van der Waals surface area contributed by atoms with Gasteiger partial charge in [0.05, 0.1) is 18.6 Å². The van der Waals surface area contributed by atoms with Crippen LogP contribution in [-0.4, -0.2) is 94.8 Å². The number of halogens is 1. The van der Waals surface area contributed by atoms with Gasteiger partial charge in [0.15, 0.2) is 0 Å². The van der Waals surface area contributed by atoms with Crippen LogP contribution >= 0.6 is 9.42 Å². The van der Waals surface area contributed by atoms with Gasteiger partial charge in [-0.25, -0.2) is 9.59 Å². The summed E-state index contributed by atoms with van der Waals surface area (Å²) in [5.74, 6) is 5.90. The molecular formula is C75H129ClN5O9Pt2-2. The molecule has 14 nitrogen and oxygen atoms in total. The van der Waals surface area contributed by atoms with Crippen LogP contribution in [0.4, 0.5) is 0 Å². The number of allylic oxidation sites excluding steroid dienone is 2. The van der Waals surface area contributed by atoms with Crippen molar-refractivity contribution in [3.8, 4) is 0 Å². The molecular weight excluding hydrogens is 1540 g/mol. The van der Waals surface area contributed by atoms with Crippen molar-refractivity contribution < 1.29 is 83.8 Å². The smallest absolute Gasteiger partial charge is 0.676 e. The molecule has 0 heterocycles. The number of carbonyl (C=O) groups excluding carboxylic acids is 1. The van der Waals surface area contributed by atoms with E-state index in [2.05, 4.69) is 96.1 Å². The van der Waals surface area contributed by atoms with Gasteiger partial charge in [0.1, 0.15) is 19.3 Å². The number of carboxylic acids is 3. The van der Waals surface area contributed by atoms with E-state index in [9.17, 15) is 24.3 Å². The van der Waals surface area contributed by atoms with Gasteiger partial charge in [-0.2, -0.15) is 24.2 Å². The van der Waals surface area contributed by atoms with Gasteiger partial charge in [0, 0.05) is 0 Å². The number of carboxylic acid groups (broad SMARTS) is 3. The molecule has 1 amide bonds. The number of carbonyl (C=O) groups is 4. The molecule has 0 saturated heterocycles. The third-order valence-corrected chi connectivity index (χ3v) is 26.0. The van der Waals surface area contributed by atoms with E-state index in [1.807, 2.05) is 0 Å². The third-order valence-electron chi connectivity index (χ3n) is 26.0. The Balaban J connectivity index is 0.000000306. The minimum atomic E-state index is -1.45. The average Bonchev–Trinajstić information content (AvgIpc) is 1.34. The summed E-state index contributed by atoms with van der Waals surface area (Å²) in [6.07, 6.45) is 40.7. The quantitative estimate of drug-likeness (QED) is 0.0844. The Hall–Kier alpha value is -1.21. The normalized spacial score (nSPS) is 37.5. The molecule has 10 aliphatic carbocycles. The summed E-state index contributed by atoms with van der Waals surface area (Å²) in [4.78, 5) is 45.4. The van der Waals surface area contributed by atoms with Crippen LogP contribution in [-0.2, 0) is 68.5 Å². The molecule has 10 aliphatic rings. The van der Waals surface area contributed by atoms with Crippen molar-refractivity contribution in [3.05, 3.63) is 46.2 Å². The van der Waals surface area contributed by atoms with E-state index in [-0.39, 0.29) is 83.5 Å². The summed E-state index contributed by atoms with van der Waals surface area (Å²) >= 11 is 1.61. The Morgan fingerprint density at radius 3 is 1.26 bits per heavy atom. The van der Waals surface area contributed by atoms with E-state index >= 15 is 0 Å². The van der Waals surface area contributed by atoms with Gasteiger partial charge < -0.3 is 53.0 Å². The molecule has 0 aliphatic heterocycles. The van der Waals surface area contributed by atoms with Crippen molar-refractivity contribution in [2.75, 3.05) is 13.2 Å². The van der Waals surface area contributed by atoms with Crippen molar-refractivity contribution in [2.45, 2.75) is 318 Å². The maximum Gasteiger partial charge on any atom is 2.00 e. The molecule has 8 saturated carbocycles. The van der Waals surface area contributed by atoms with Crippen molar-refractivity contribution in [1.82, 2.24) is 5.32 Å². The first-order chi connectivity index (χ1) is 42.6. The zero-order chi connectivity index (χ0) is 66.3. The number of fused-ring (bicyclic) bond motifs is 10. The van der Waals surface area contributed by atoms with Crippen LogP contribution in [0.3, 0.4) is 0 Å². The predicted octanol–water partition coefficient (Wildman–Crippen LogP) is 20.1. The first kappa shape index (κ1) is 83.2. The standard InChI is InChI=1S/C33H53NO6.C29H48O3.2C6H12N2.CH4.ClH.2Pt/c1-20(2)7-6-8-21(3)25-11-12-26-24-10-9-22-17-23(13-15-32(22,4)27(24)14-16-33(25,26)5)40-19-29(35)34-28(31(38)39)18-30(36)37;1-19(2)7-6-8-20(3)24-11-12-25-23-10-9-21-17-22(32-18-27(30)31)13-15-28(21,4)26(23)14-16-29(24,25)5;2*7-5-3-1-2-4-6(5)8;;;;/h9,20-21,23-28H,6-8,10-19H2,1-5H3,(H,34,35)(H,36,37)(H,38,39);9,19-20,22-26H,6-8,10-18H2,1-5H3,(H,30,31);2*5-8H,1-4H2;1H4;1H;;/q;;2*-2;;;+1;+2/p-1/t21-,23+,24+,25-,26+,27+,28?,32+,33-;20-,22+,23?,24-,25?,26?,28+,29-;2*5-,6-;;;;/m1111..../s1. The molecule has 0 bridgehead atoms. The Bertz CT molecular complexity index is 2310. The molecule has 4 unspecified atom stereocenters. The fourth-order valence-corrected chi connectivity index (χ4v) is 20.8. The van der Waals surface area contributed by atoms with Crippen LogP contribution in [0.2, 0.25) is 0 Å². The number of amides is 1. The van der Waals surface area contributed by atoms with Crippen molar-refractivity contribution in [1.29, 1.82) is 0 Å². The van der Waals surface area contributed by atoms with E-state index in [1.54, 1.807) is 24.3 Å². The molecule has 0 aromatic rings. The Morgan fingerprint density at radius 1 is 0.543 bits per heavy atom. The average molecular weight is 1670 g/mol.